The quantitative estimate of drug-likeness (QED) is 0.437. The van der Waals surface area contributed by atoms with Gasteiger partial charge in [-0.15, -0.1) is 0 Å². The second-order valence-electron chi connectivity index (χ2n) is 8.61. The zero-order valence-corrected chi connectivity index (χ0v) is 19.1. The molecule has 0 spiro atoms. The van der Waals surface area contributed by atoms with E-state index in [1.807, 2.05) is 0 Å². The summed E-state index contributed by atoms with van der Waals surface area (Å²) in [7, 11) is 1.27. The average molecular weight is 504 g/mol. The molecule has 1 aliphatic heterocycles. The van der Waals surface area contributed by atoms with Crippen LogP contribution in [0.1, 0.15) is 59.7 Å². The molecular formula is C24H23F7N2O2. The fourth-order valence-corrected chi connectivity index (χ4v) is 4.16. The van der Waals surface area contributed by atoms with Crippen molar-refractivity contribution in [3.8, 4) is 0 Å². The summed E-state index contributed by atoms with van der Waals surface area (Å²) in [6.45, 7) is 2.95. The molecule has 2 aromatic carbocycles. The maximum absolute atomic E-state index is 13.6. The first kappa shape index (κ1) is 26.5. The monoisotopic (exact) mass is 504 g/mol. The lowest BCUT2D eigenvalue weighted by Gasteiger charge is -2.40. The van der Waals surface area contributed by atoms with Crippen molar-refractivity contribution in [3.05, 3.63) is 70.0 Å². The van der Waals surface area contributed by atoms with Gasteiger partial charge in [0.15, 0.2) is 0 Å². The van der Waals surface area contributed by atoms with Gasteiger partial charge in [0.05, 0.1) is 23.2 Å². The van der Waals surface area contributed by atoms with Crippen LogP contribution in [0.25, 0.3) is 0 Å². The van der Waals surface area contributed by atoms with Crippen molar-refractivity contribution in [2.24, 2.45) is 0 Å². The number of carbonyl (C=O) groups excluding carboxylic acids is 2. The van der Waals surface area contributed by atoms with E-state index < -0.39 is 47.4 Å². The number of urea groups is 1. The Morgan fingerprint density at radius 1 is 1.03 bits per heavy atom. The van der Waals surface area contributed by atoms with Crippen molar-refractivity contribution < 1.29 is 40.3 Å². The molecule has 0 bridgehead atoms. The molecule has 0 N–H and O–H groups in total. The number of halogens is 7. The van der Waals surface area contributed by atoms with Gasteiger partial charge in [0.2, 0.25) is 0 Å². The number of likely N-dealkylation sites (tertiary alicyclic amines) is 1. The Bertz CT molecular complexity index is 1100. The standard InChI is InChI=1S/C24H23F7N2O2/c1-13-8-18(25)4-5-20(13)21-12-19(34)6-7-33(21)22(35)32(3)14(2)15-9-16(23(26,27)28)11-17(10-15)24(29,30)31/h4-5,8-11,14,21H,6-7,12H2,1-3H3/t14-,21-/m1/s1. The van der Waals surface area contributed by atoms with E-state index in [0.29, 0.717) is 23.3 Å². The first-order valence-corrected chi connectivity index (χ1v) is 10.7. The molecule has 190 valence electrons. The van der Waals surface area contributed by atoms with Gasteiger partial charge in [0.1, 0.15) is 11.6 Å². The number of piperidine rings is 1. The van der Waals surface area contributed by atoms with Crippen LogP contribution in [0.3, 0.4) is 0 Å². The molecule has 35 heavy (non-hydrogen) atoms. The molecule has 0 aromatic heterocycles. The number of benzene rings is 2. The lowest BCUT2D eigenvalue weighted by Crippen LogP contribution is -2.48. The molecule has 2 amide bonds. The van der Waals surface area contributed by atoms with E-state index in [0.717, 1.165) is 4.90 Å². The average Bonchev–Trinajstić information content (AvgIpc) is 2.76. The van der Waals surface area contributed by atoms with Gasteiger partial charge in [0.25, 0.3) is 0 Å². The van der Waals surface area contributed by atoms with E-state index in [4.69, 9.17) is 0 Å². The van der Waals surface area contributed by atoms with Crippen LogP contribution in [0.4, 0.5) is 35.5 Å². The summed E-state index contributed by atoms with van der Waals surface area (Å²) in [6.07, 6.45) is -10.0. The normalized spacial score (nSPS) is 17.9. The SMILES string of the molecule is Cc1cc(F)ccc1[C@H]1CC(=O)CCN1C(=O)N(C)[C@H](C)c1cc(C(F)(F)F)cc(C(F)(F)F)c1. The van der Waals surface area contributed by atoms with Crippen LogP contribution in [-0.2, 0) is 17.1 Å². The zero-order valence-electron chi connectivity index (χ0n) is 19.1. The van der Waals surface area contributed by atoms with Crippen LogP contribution in [-0.4, -0.2) is 35.2 Å². The molecule has 1 fully saturated rings. The minimum atomic E-state index is -5.02. The highest BCUT2D eigenvalue weighted by molar-refractivity contribution is 5.84. The molecule has 2 atom stereocenters. The van der Waals surface area contributed by atoms with Crippen LogP contribution in [0, 0.1) is 12.7 Å². The van der Waals surface area contributed by atoms with Crippen molar-refractivity contribution in [1.82, 2.24) is 9.80 Å². The number of amides is 2. The van der Waals surface area contributed by atoms with Gasteiger partial charge < -0.3 is 9.80 Å². The molecule has 0 aliphatic carbocycles. The molecule has 1 saturated heterocycles. The Morgan fingerprint density at radius 3 is 2.11 bits per heavy atom. The molecule has 0 saturated carbocycles. The number of nitrogens with zero attached hydrogens (tertiary/aromatic N) is 2. The van der Waals surface area contributed by atoms with E-state index in [9.17, 15) is 40.3 Å². The Labute approximate surface area is 197 Å². The van der Waals surface area contributed by atoms with Gasteiger partial charge in [-0.1, -0.05) is 6.07 Å². The molecule has 0 radical (unpaired) electrons. The number of hydrogen-bond acceptors (Lipinski definition) is 2. The molecule has 4 nitrogen and oxygen atoms in total. The number of alkyl halides is 6. The molecule has 0 unspecified atom stereocenters. The molecule has 11 heteroatoms. The third-order valence-corrected chi connectivity index (χ3v) is 6.24. The lowest BCUT2D eigenvalue weighted by molar-refractivity contribution is -0.143. The molecular weight excluding hydrogens is 481 g/mol. The Balaban J connectivity index is 1.96. The largest absolute Gasteiger partial charge is 0.416 e. The highest BCUT2D eigenvalue weighted by Gasteiger charge is 2.39. The molecule has 2 aromatic rings. The summed E-state index contributed by atoms with van der Waals surface area (Å²) in [5.41, 5.74) is -2.25. The second kappa shape index (κ2) is 9.50. The highest BCUT2D eigenvalue weighted by atomic mass is 19.4. The van der Waals surface area contributed by atoms with Crippen molar-refractivity contribution in [1.29, 1.82) is 0 Å². The fourth-order valence-electron chi connectivity index (χ4n) is 4.16. The van der Waals surface area contributed by atoms with Crippen molar-refractivity contribution >= 4 is 11.8 Å². The van der Waals surface area contributed by atoms with Crippen LogP contribution < -0.4 is 0 Å². The summed E-state index contributed by atoms with van der Waals surface area (Å²) in [5.74, 6) is -0.617. The Hall–Kier alpha value is -3.11. The van der Waals surface area contributed by atoms with E-state index in [1.165, 1.54) is 37.1 Å². The van der Waals surface area contributed by atoms with Gasteiger partial charge in [-0.2, -0.15) is 26.3 Å². The van der Waals surface area contributed by atoms with Gasteiger partial charge >= 0.3 is 18.4 Å². The Morgan fingerprint density at radius 2 is 1.60 bits per heavy atom. The van der Waals surface area contributed by atoms with Gasteiger partial charge in [-0.25, -0.2) is 9.18 Å². The summed E-state index contributed by atoms with van der Waals surface area (Å²) in [4.78, 5) is 27.9. The van der Waals surface area contributed by atoms with Gasteiger partial charge in [-0.3, -0.25) is 4.79 Å². The lowest BCUT2D eigenvalue weighted by atomic mass is 9.91. The summed E-state index contributed by atoms with van der Waals surface area (Å²) in [5, 5.41) is 0. The number of Topliss-reactive ketones (excluding diaryl/α,β-unsaturated/α-hetero) is 1. The minimum Gasteiger partial charge on any atom is -0.321 e. The summed E-state index contributed by atoms with van der Waals surface area (Å²) >= 11 is 0. The van der Waals surface area contributed by atoms with E-state index >= 15 is 0 Å². The number of rotatable bonds is 3. The van der Waals surface area contributed by atoms with Gasteiger partial charge in [-0.05, 0) is 60.9 Å². The van der Waals surface area contributed by atoms with Crippen LogP contribution >= 0.6 is 0 Å². The molecule has 3 rings (SSSR count). The van der Waals surface area contributed by atoms with Crippen LogP contribution in [0.5, 0.6) is 0 Å². The zero-order chi connectivity index (χ0) is 26.3. The van der Waals surface area contributed by atoms with Gasteiger partial charge in [0, 0.05) is 26.4 Å². The first-order valence-electron chi connectivity index (χ1n) is 10.7. The summed E-state index contributed by atoms with van der Waals surface area (Å²) < 4.78 is 93.2. The van der Waals surface area contributed by atoms with E-state index in [2.05, 4.69) is 0 Å². The first-order chi connectivity index (χ1) is 16.1. The molecule has 1 aliphatic rings. The van der Waals surface area contributed by atoms with Crippen molar-refractivity contribution in [2.75, 3.05) is 13.6 Å². The van der Waals surface area contributed by atoms with E-state index in [1.54, 1.807) is 6.92 Å². The van der Waals surface area contributed by atoms with Crippen molar-refractivity contribution in [3.63, 3.8) is 0 Å². The molecule has 1 heterocycles. The Kier molecular flexibility index (Phi) is 7.19. The maximum atomic E-state index is 13.6. The van der Waals surface area contributed by atoms with Crippen LogP contribution in [0.15, 0.2) is 36.4 Å². The minimum absolute atomic E-state index is 0.00655. The predicted octanol–water partition coefficient (Wildman–Crippen LogP) is 6.69. The number of ketones is 1. The number of carbonyl (C=O) groups is 2. The predicted molar refractivity (Wildman–Crippen MR) is 113 cm³/mol. The number of hydrogen-bond donors (Lipinski definition) is 0. The van der Waals surface area contributed by atoms with E-state index in [-0.39, 0.29) is 36.8 Å². The maximum Gasteiger partial charge on any atom is 0.416 e. The number of aryl methyl sites for hydroxylation is 1. The second-order valence-corrected chi connectivity index (χ2v) is 8.61. The summed E-state index contributed by atoms with van der Waals surface area (Å²) in [6, 6.07) is 2.54. The third-order valence-electron chi connectivity index (χ3n) is 6.24. The topological polar surface area (TPSA) is 40.6 Å². The van der Waals surface area contributed by atoms with Crippen molar-refractivity contribution in [2.45, 2.75) is 51.1 Å². The third kappa shape index (κ3) is 5.76. The van der Waals surface area contributed by atoms with Crippen LogP contribution in [0.2, 0.25) is 0 Å². The smallest absolute Gasteiger partial charge is 0.321 e. The highest BCUT2D eigenvalue weighted by Crippen LogP contribution is 2.39. The fraction of sp³-hybridized carbons (Fsp3) is 0.417.